The van der Waals surface area contributed by atoms with Crippen molar-refractivity contribution >= 4 is 10.0 Å². The molecule has 0 amide bonds. The topological polar surface area (TPSA) is 76.7 Å². The van der Waals surface area contributed by atoms with Gasteiger partial charge in [-0.3, -0.25) is 0 Å². The van der Waals surface area contributed by atoms with Gasteiger partial charge in [0, 0.05) is 19.1 Å². The molecule has 6 nitrogen and oxygen atoms in total. The molecule has 1 aliphatic rings. The monoisotopic (exact) mass is 314 g/mol. The van der Waals surface area contributed by atoms with Crippen molar-refractivity contribution in [1.29, 1.82) is 0 Å². The van der Waals surface area contributed by atoms with Crippen LogP contribution in [0.5, 0.6) is 11.5 Å². The van der Waals surface area contributed by atoms with Crippen LogP contribution in [0.25, 0.3) is 0 Å². The van der Waals surface area contributed by atoms with Gasteiger partial charge >= 0.3 is 0 Å². The lowest BCUT2D eigenvalue weighted by Gasteiger charge is -2.21. The SMILES string of the molecule is CCNS(=O)(=O)CCNC(C)c1ccc2c(c1)OCCO2. The standard InChI is InChI=1S/C14H22N2O4S/c1-3-16-21(17,18)9-6-15-11(2)12-4-5-13-14(10-12)20-8-7-19-13/h4-5,10-11,15-16H,3,6-9H2,1-2H3. The van der Waals surface area contributed by atoms with Gasteiger partial charge in [-0.2, -0.15) is 0 Å². The van der Waals surface area contributed by atoms with Crippen molar-refractivity contribution < 1.29 is 17.9 Å². The molecule has 2 N–H and O–H groups in total. The van der Waals surface area contributed by atoms with Crippen LogP contribution < -0.4 is 19.5 Å². The van der Waals surface area contributed by atoms with E-state index < -0.39 is 10.0 Å². The second-order valence-corrected chi connectivity index (χ2v) is 6.82. The fraction of sp³-hybridized carbons (Fsp3) is 0.571. The molecule has 1 aliphatic heterocycles. The quantitative estimate of drug-likeness (QED) is 0.786. The molecule has 0 saturated carbocycles. The van der Waals surface area contributed by atoms with E-state index in [1.54, 1.807) is 6.92 Å². The predicted octanol–water partition coefficient (Wildman–Crippen LogP) is 1.05. The highest BCUT2D eigenvalue weighted by Crippen LogP contribution is 2.32. The maximum absolute atomic E-state index is 11.6. The third-order valence-corrected chi connectivity index (χ3v) is 4.72. The van der Waals surface area contributed by atoms with Gasteiger partial charge in [-0.05, 0) is 24.6 Å². The van der Waals surface area contributed by atoms with Crippen molar-refractivity contribution in [3.63, 3.8) is 0 Å². The lowest BCUT2D eigenvalue weighted by molar-refractivity contribution is 0.171. The summed E-state index contributed by atoms with van der Waals surface area (Å²) in [6, 6.07) is 5.82. The van der Waals surface area contributed by atoms with Gasteiger partial charge in [0.15, 0.2) is 11.5 Å². The summed E-state index contributed by atoms with van der Waals surface area (Å²) in [5.74, 6) is 1.56. The molecule has 0 saturated heterocycles. The van der Waals surface area contributed by atoms with Gasteiger partial charge in [0.1, 0.15) is 13.2 Å². The predicted molar refractivity (Wildman–Crippen MR) is 81.3 cm³/mol. The minimum Gasteiger partial charge on any atom is -0.486 e. The number of hydrogen-bond acceptors (Lipinski definition) is 5. The number of fused-ring (bicyclic) bond motifs is 1. The van der Waals surface area contributed by atoms with E-state index in [2.05, 4.69) is 10.0 Å². The zero-order valence-corrected chi connectivity index (χ0v) is 13.2. The van der Waals surface area contributed by atoms with E-state index >= 15 is 0 Å². The molecule has 0 bridgehead atoms. The molecule has 1 aromatic rings. The van der Waals surface area contributed by atoms with Crippen LogP contribution in [-0.2, 0) is 10.0 Å². The van der Waals surface area contributed by atoms with E-state index in [4.69, 9.17) is 9.47 Å². The first-order valence-electron chi connectivity index (χ1n) is 7.12. The number of benzene rings is 1. The second kappa shape index (κ2) is 7.11. The van der Waals surface area contributed by atoms with Crippen molar-refractivity contribution in [3.05, 3.63) is 23.8 Å². The van der Waals surface area contributed by atoms with Crippen LogP contribution in [0.1, 0.15) is 25.5 Å². The van der Waals surface area contributed by atoms with Gasteiger partial charge in [0.2, 0.25) is 10.0 Å². The highest BCUT2D eigenvalue weighted by Gasteiger charge is 2.15. The van der Waals surface area contributed by atoms with Crippen molar-refractivity contribution in [2.24, 2.45) is 0 Å². The van der Waals surface area contributed by atoms with Crippen LogP contribution in [0, 0.1) is 0 Å². The van der Waals surface area contributed by atoms with Gasteiger partial charge in [0.25, 0.3) is 0 Å². The Morgan fingerprint density at radius 2 is 1.95 bits per heavy atom. The molecular weight excluding hydrogens is 292 g/mol. The molecule has 1 atom stereocenters. The first-order valence-corrected chi connectivity index (χ1v) is 8.77. The van der Waals surface area contributed by atoms with Gasteiger partial charge in [0.05, 0.1) is 5.75 Å². The maximum Gasteiger partial charge on any atom is 0.212 e. The van der Waals surface area contributed by atoms with Crippen molar-refractivity contribution in [2.75, 3.05) is 32.1 Å². The van der Waals surface area contributed by atoms with Crippen LogP contribution in [0.4, 0.5) is 0 Å². The summed E-state index contributed by atoms with van der Waals surface area (Å²) in [6.07, 6.45) is 0. The molecule has 0 aliphatic carbocycles. The highest BCUT2D eigenvalue weighted by atomic mass is 32.2. The molecule has 1 heterocycles. The Labute approximate surface area is 125 Å². The van der Waals surface area contributed by atoms with Crippen molar-refractivity contribution in [1.82, 2.24) is 10.0 Å². The van der Waals surface area contributed by atoms with E-state index in [-0.39, 0.29) is 11.8 Å². The zero-order valence-electron chi connectivity index (χ0n) is 12.4. The van der Waals surface area contributed by atoms with E-state index in [1.165, 1.54) is 0 Å². The summed E-state index contributed by atoms with van der Waals surface area (Å²) in [6.45, 7) is 5.70. The van der Waals surface area contributed by atoms with Crippen LogP contribution in [-0.4, -0.2) is 40.5 Å². The zero-order chi connectivity index (χ0) is 15.3. The molecule has 0 aromatic heterocycles. The minimum absolute atomic E-state index is 0.0395. The lowest BCUT2D eigenvalue weighted by Crippen LogP contribution is -2.32. The molecule has 118 valence electrons. The number of sulfonamides is 1. The molecule has 2 rings (SSSR count). The average molecular weight is 314 g/mol. The lowest BCUT2D eigenvalue weighted by atomic mass is 10.1. The Kier molecular flexibility index (Phi) is 5.44. The van der Waals surface area contributed by atoms with E-state index in [0.717, 1.165) is 17.1 Å². The second-order valence-electron chi connectivity index (χ2n) is 4.90. The number of nitrogens with one attached hydrogen (secondary N) is 2. The van der Waals surface area contributed by atoms with Gasteiger partial charge < -0.3 is 14.8 Å². The molecule has 1 unspecified atom stereocenters. The maximum atomic E-state index is 11.6. The number of rotatable bonds is 7. The molecule has 1 aromatic carbocycles. The Hall–Kier alpha value is -1.31. The molecule has 21 heavy (non-hydrogen) atoms. The normalized spacial score (nSPS) is 15.7. The third kappa shape index (κ3) is 4.59. The average Bonchev–Trinajstić information content (AvgIpc) is 2.46. The number of hydrogen-bond donors (Lipinski definition) is 2. The van der Waals surface area contributed by atoms with Crippen molar-refractivity contribution in [3.8, 4) is 11.5 Å². The van der Waals surface area contributed by atoms with Crippen molar-refractivity contribution in [2.45, 2.75) is 19.9 Å². The van der Waals surface area contributed by atoms with Crippen LogP contribution in [0.15, 0.2) is 18.2 Å². The summed E-state index contributed by atoms with van der Waals surface area (Å²) < 4.78 is 36.6. The fourth-order valence-electron chi connectivity index (χ4n) is 2.15. The summed E-state index contributed by atoms with van der Waals surface area (Å²) in [5, 5.41) is 3.20. The Bertz CT molecular complexity index is 574. The Morgan fingerprint density at radius 3 is 2.67 bits per heavy atom. The van der Waals surface area contributed by atoms with Crippen LogP contribution in [0.3, 0.4) is 0 Å². The highest BCUT2D eigenvalue weighted by molar-refractivity contribution is 7.89. The smallest absolute Gasteiger partial charge is 0.212 e. The summed E-state index contributed by atoms with van der Waals surface area (Å²) in [5.41, 5.74) is 1.04. The van der Waals surface area contributed by atoms with Crippen LogP contribution in [0.2, 0.25) is 0 Å². The van der Waals surface area contributed by atoms with Gasteiger partial charge in [-0.25, -0.2) is 13.1 Å². The largest absolute Gasteiger partial charge is 0.486 e. The Balaban J connectivity index is 1.90. The summed E-state index contributed by atoms with van der Waals surface area (Å²) in [7, 11) is -3.18. The molecule has 7 heteroatoms. The van der Waals surface area contributed by atoms with Gasteiger partial charge in [-0.1, -0.05) is 13.0 Å². The van der Waals surface area contributed by atoms with Gasteiger partial charge in [-0.15, -0.1) is 0 Å². The summed E-state index contributed by atoms with van der Waals surface area (Å²) in [4.78, 5) is 0. The molecule has 0 fully saturated rings. The fourth-order valence-corrected chi connectivity index (χ4v) is 3.12. The molecular formula is C14H22N2O4S. The number of ether oxygens (including phenoxy) is 2. The molecule has 0 radical (unpaired) electrons. The van der Waals surface area contributed by atoms with Crippen LogP contribution >= 0.6 is 0 Å². The third-order valence-electron chi connectivity index (χ3n) is 3.25. The van der Waals surface area contributed by atoms with E-state index in [0.29, 0.717) is 26.3 Å². The minimum atomic E-state index is -3.18. The Morgan fingerprint density at radius 1 is 1.24 bits per heavy atom. The molecule has 0 spiro atoms. The van der Waals surface area contributed by atoms with E-state index in [1.807, 2.05) is 25.1 Å². The summed E-state index contributed by atoms with van der Waals surface area (Å²) >= 11 is 0. The first kappa shape index (κ1) is 16.1. The first-order chi connectivity index (χ1) is 10.0. The van der Waals surface area contributed by atoms with E-state index in [9.17, 15) is 8.42 Å².